The van der Waals surface area contributed by atoms with Crippen molar-refractivity contribution in [2.24, 2.45) is 0 Å². The van der Waals surface area contributed by atoms with Crippen LogP contribution >= 0.6 is 11.6 Å². The van der Waals surface area contributed by atoms with Crippen molar-refractivity contribution >= 4 is 28.4 Å². The molecule has 1 aromatic carbocycles. The number of para-hydroxylation sites is 2. The summed E-state index contributed by atoms with van der Waals surface area (Å²) < 4.78 is 9.08. The Hall–Kier alpha value is -1.89. The fraction of sp³-hybridized carbons (Fsp3) is 0.375. The summed E-state index contributed by atoms with van der Waals surface area (Å²) in [5.74, 6) is 0.594. The predicted molar refractivity (Wildman–Crippen MR) is 89.2 cm³/mol. The van der Waals surface area contributed by atoms with Crippen molar-refractivity contribution in [3.63, 3.8) is 0 Å². The predicted octanol–water partition coefficient (Wildman–Crippen LogP) is 1.63. The van der Waals surface area contributed by atoms with E-state index in [0.717, 1.165) is 50.4 Å². The van der Waals surface area contributed by atoms with E-state index < -0.39 is 0 Å². The van der Waals surface area contributed by atoms with Gasteiger partial charge in [-0.05, 0) is 12.1 Å². The van der Waals surface area contributed by atoms with Crippen LogP contribution in [0.2, 0.25) is 5.15 Å². The molecule has 3 heterocycles. The van der Waals surface area contributed by atoms with Crippen molar-refractivity contribution in [2.45, 2.75) is 6.54 Å². The number of fused-ring (bicyclic) bond motifs is 3. The topological polar surface area (TPSA) is 51.8 Å². The molecule has 120 valence electrons. The van der Waals surface area contributed by atoms with Gasteiger partial charge in [0.1, 0.15) is 5.15 Å². The van der Waals surface area contributed by atoms with Gasteiger partial charge in [-0.15, -0.1) is 0 Å². The first kappa shape index (κ1) is 14.7. The number of halogens is 1. The summed E-state index contributed by atoms with van der Waals surface area (Å²) in [5.41, 5.74) is 1.70. The molecule has 0 saturated carbocycles. The normalized spacial score (nSPS) is 16.4. The Labute approximate surface area is 137 Å². The maximum Gasteiger partial charge on any atom is 0.261 e. The minimum atomic E-state index is -0.152. The molecule has 0 N–H and O–H groups in total. The van der Waals surface area contributed by atoms with Crippen molar-refractivity contribution in [1.29, 1.82) is 0 Å². The van der Waals surface area contributed by atoms with Crippen LogP contribution in [-0.2, 0) is 11.3 Å². The van der Waals surface area contributed by atoms with Crippen LogP contribution in [0.3, 0.4) is 0 Å². The van der Waals surface area contributed by atoms with E-state index in [1.54, 1.807) is 4.40 Å². The third-order valence-corrected chi connectivity index (χ3v) is 4.46. The largest absolute Gasteiger partial charge is 0.379 e. The minimum absolute atomic E-state index is 0.152. The van der Waals surface area contributed by atoms with Crippen LogP contribution in [0, 0.1) is 0 Å². The van der Waals surface area contributed by atoms with Crippen LogP contribution < -0.4 is 5.56 Å². The second kappa shape index (κ2) is 5.96. The highest BCUT2D eigenvalue weighted by atomic mass is 35.5. The van der Waals surface area contributed by atoms with Gasteiger partial charge < -0.3 is 9.30 Å². The molecule has 7 heteroatoms. The van der Waals surface area contributed by atoms with Crippen LogP contribution in [-0.4, -0.2) is 51.7 Å². The highest BCUT2D eigenvalue weighted by Crippen LogP contribution is 2.19. The van der Waals surface area contributed by atoms with Crippen molar-refractivity contribution in [1.82, 2.24) is 18.9 Å². The van der Waals surface area contributed by atoms with Gasteiger partial charge in [-0.2, -0.15) is 0 Å². The Balaban J connectivity index is 1.81. The molecule has 2 aromatic heterocycles. The lowest BCUT2D eigenvalue weighted by molar-refractivity contribution is 0.0366. The average Bonchev–Trinajstić information content (AvgIpc) is 2.87. The smallest absolute Gasteiger partial charge is 0.261 e. The number of hydrogen-bond donors (Lipinski definition) is 0. The van der Waals surface area contributed by atoms with Gasteiger partial charge in [0.2, 0.25) is 5.78 Å². The summed E-state index contributed by atoms with van der Waals surface area (Å²) in [5, 5.41) is 0.227. The van der Waals surface area contributed by atoms with E-state index in [1.807, 2.05) is 24.3 Å². The van der Waals surface area contributed by atoms with Crippen LogP contribution in [0.25, 0.3) is 16.8 Å². The van der Waals surface area contributed by atoms with Crippen LogP contribution in [0.4, 0.5) is 0 Å². The Morgan fingerprint density at radius 2 is 1.87 bits per heavy atom. The van der Waals surface area contributed by atoms with Crippen molar-refractivity contribution in [2.75, 3.05) is 32.8 Å². The molecular weight excluding hydrogens is 316 g/mol. The van der Waals surface area contributed by atoms with Gasteiger partial charge in [-0.1, -0.05) is 23.7 Å². The molecule has 6 nitrogen and oxygen atoms in total. The maximum atomic E-state index is 12.3. The first-order chi connectivity index (χ1) is 11.2. The number of morpholine rings is 1. The van der Waals surface area contributed by atoms with E-state index in [2.05, 4.69) is 14.5 Å². The number of aromatic nitrogens is 3. The monoisotopic (exact) mass is 332 g/mol. The quantitative estimate of drug-likeness (QED) is 0.684. The molecule has 0 unspecified atom stereocenters. The standard InChI is InChI=1S/C16H17ClN4O2/c17-14-11-15(22)21-13-4-2-1-3-12(13)20(16(21)18-14)6-5-19-7-9-23-10-8-19/h1-4,11H,5-10H2. The summed E-state index contributed by atoms with van der Waals surface area (Å²) >= 11 is 6.01. The second-order valence-electron chi connectivity index (χ2n) is 5.65. The molecule has 0 amide bonds. The molecule has 3 aromatic rings. The highest BCUT2D eigenvalue weighted by molar-refractivity contribution is 6.29. The number of ether oxygens (including phenoxy) is 1. The van der Waals surface area contributed by atoms with E-state index in [9.17, 15) is 4.79 Å². The van der Waals surface area contributed by atoms with Gasteiger partial charge in [0.15, 0.2) is 0 Å². The molecule has 4 rings (SSSR count). The first-order valence-electron chi connectivity index (χ1n) is 7.71. The lowest BCUT2D eigenvalue weighted by Crippen LogP contribution is -2.38. The van der Waals surface area contributed by atoms with Crippen LogP contribution in [0.5, 0.6) is 0 Å². The highest BCUT2D eigenvalue weighted by Gasteiger charge is 2.16. The molecule has 0 aliphatic carbocycles. The van der Waals surface area contributed by atoms with Crippen molar-refractivity contribution in [3.8, 4) is 0 Å². The number of rotatable bonds is 3. The molecule has 0 bridgehead atoms. The first-order valence-corrected chi connectivity index (χ1v) is 8.08. The van der Waals surface area contributed by atoms with Gasteiger partial charge in [-0.25, -0.2) is 9.38 Å². The minimum Gasteiger partial charge on any atom is -0.379 e. The maximum absolute atomic E-state index is 12.3. The van der Waals surface area contributed by atoms with Gasteiger partial charge in [0.25, 0.3) is 5.56 Å². The van der Waals surface area contributed by atoms with Crippen LogP contribution in [0.15, 0.2) is 35.1 Å². The van der Waals surface area contributed by atoms with Gasteiger partial charge in [-0.3, -0.25) is 9.69 Å². The summed E-state index contributed by atoms with van der Waals surface area (Å²) in [7, 11) is 0. The van der Waals surface area contributed by atoms with E-state index in [4.69, 9.17) is 16.3 Å². The molecular formula is C16H17ClN4O2. The number of hydrogen-bond acceptors (Lipinski definition) is 4. The van der Waals surface area contributed by atoms with E-state index >= 15 is 0 Å². The van der Waals surface area contributed by atoms with E-state index in [-0.39, 0.29) is 10.7 Å². The summed E-state index contributed by atoms with van der Waals surface area (Å²) in [4.78, 5) is 19.1. The fourth-order valence-electron chi connectivity index (χ4n) is 3.13. The van der Waals surface area contributed by atoms with Crippen molar-refractivity contribution < 1.29 is 4.74 Å². The molecule has 1 aliphatic rings. The number of benzene rings is 1. The average molecular weight is 333 g/mol. The molecule has 0 spiro atoms. The fourth-order valence-corrected chi connectivity index (χ4v) is 3.30. The molecule has 1 aliphatic heterocycles. The van der Waals surface area contributed by atoms with E-state index in [0.29, 0.717) is 5.78 Å². The lowest BCUT2D eigenvalue weighted by atomic mass is 10.3. The third-order valence-electron chi connectivity index (χ3n) is 4.27. The second-order valence-corrected chi connectivity index (χ2v) is 6.03. The molecule has 1 fully saturated rings. The zero-order valence-corrected chi connectivity index (χ0v) is 13.4. The third kappa shape index (κ3) is 2.63. The molecule has 23 heavy (non-hydrogen) atoms. The zero-order valence-electron chi connectivity index (χ0n) is 12.6. The zero-order chi connectivity index (χ0) is 15.8. The Bertz CT molecular complexity index is 911. The Morgan fingerprint density at radius 3 is 2.65 bits per heavy atom. The summed E-state index contributed by atoms with van der Waals surface area (Å²) in [6.45, 7) is 5.06. The molecule has 0 atom stereocenters. The van der Waals surface area contributed by atoms with Crippen LogP contribution in [0.1, 0.15) is 0 Å². The SMILES string of the molecule is O=c1cc(Cl)nc2n(CCN3CCOCC3)c3ccccc3n12. The van der Waals surface area contributed by atoms with Crippen molar-refractivity contribution in [3.05, 3.63) is 45.8 Å². The molecule has 1 saturated heterocycles. The molecule has 0 radical (unpaired) electrons. The number of nitrogens with zero attached hydrogens (tertiary/aromatic N) is 4. The Kier molecular flexibility index (Phi) is 3.80. The lowest BCUT2D eigenvalue weighted by Gasteiger charge is -2.26. The van der Waals surface area contributed by atoms with Gasteiger partial charge >= 0.3 is 0 Å². The van der Waals surface area contributed by atoms with E-state index in [1.165, 1.54) is 6.07 Å². The van der Waals surface area contributed by atoms with Gasteiger partial charge in [0, 0.05) is 32.2 Å². The number of imidazole rings is 1. The van der Waals surface area contributed by atoms with Gasteiger partial charge in [0.05, 0.1) is 24.2 Å². The summed E-state index contributed by atoms with van der Waals surface area (Å²) in [6.07, 6.45) is 0. The Morgan fingerprint density at radius 1 is 1.13 bits per heavy atom. The summed E-state index contributed by atoms with van der Waals surface area (Å²) in [6, 6.07) is 9.20.